The van der Waals surface area contributed by atoms with Gasteiger partial charge in [0.2, 0.25) is 5.88 Å². The third-order valence-electron chi connectivity index (χ3n) is 5.21. The van der Waals surface area contributed by atoms with Gasteiger partial charge in [0, 0.05) is 29.2 Å². The Hall–Kier alpha value is -3.50. The number of carbonyl (C=O) groups is 1. The van der Waals surface area contributed by atoms with Gasteiger partial charge in [-0.25, -0.2) is 4.98 Å². The van der Waals surface area contributed by atoms with Gasteiger partial charge in [-0.2, -0.15) is 0 Å². The third-order valence-corrected chi connectivity index (χ3v) is 5.21. The first-order valence-electron chi connectivity index (χ1n) is 9.89. The number of aliphatic hydroxyl groups excluding tert-OH is 1. The minimum absolute atomic E-state index is 0.0206. The molecule has 1 N–H and O–H groups in total. The zero-order chi connectivity index (χ0) is 21.1. The number of aromatic nitrogens is 1. The Labute approximate surface area is 175 Å². The molecule has 1 aromatic heterocycles. The van der Waals surface area contributed by atoms with Crippen molar-refractivity contribution in [3.63, 3.8) is 0 Å². The highest BCUT2D eigenvalue weighted by molar-refractivity contribution is 6.11. The van der Waals surface area contributed by atoms with Crippen molar-refractivity contribution >= 4 is 16.7 Å². The predicted molar refractivity (Wildman–Crippen MR) is 119 cm³/mol. The van der Waals surface area contributed by atoms with Gasteiger partial charge >= 0.3 is 0 Å². The summed E-state index contributed by atoms with van der Waals surface area (Å²) in [6.45, 7) is 2.10. The molecule has 0 radical (unpaired) electrons. The van der Waals surface area contributed by atoms with Gasteiger partial charge in [-0.1, -0.05) is 54.1 Å². The predicted octanol–water partition coefficient (Wildman–Crippen LogP) is 4.98. The summed E-state index contributed by atoms with van der Waals surface area (Å²) in [6.07, 6.45) is 0.588. The Kier molecular flexibility index (Phi) is 5.59. The number of ether oxygens (including phenoxy) is 1. The topological polar surface area (TPSA) is 59.4 Å². The van der Waals surface area contributed by atoms with Crippen molar-refractivity contribution in [1.82, 2.24) is 4.98 Å². The second-order valence-electron chi connectivity index (χ2n) is 7.31. The summed E-state index contributed by atoms with van der Waals surface area (Å²) in [5.74, 6) is 0.496. The molecule has 0 aliphatic heterocycles. The first kappa shape index (κ1) is 19.8. The van der Waals surface area contributed by atoms with Crippen molar-refractivity contribution in [1.29, 1.82) is 0 Å². The lowest BCUT2D eigenvalue weighted by Gasteiger charge is -2.12. The lowest BCUT2D eigenvalue weighted by atomic mass is 9.95. The van der Waals surface area contributed by atoms with E-state index in [1.807, 2.05) is 73.7 Å². The molecule has 0 aliphatic carbocycles. The van der Waals surface area contributed by atoms with E-state index < -0.39 is 0 Å². The molecule has 0 saturated carbocycles. The molecule has 4 heteroatoms. The molecule has 4 aromatic rings. The number of pyridine rings is 1. The molecule has 0 atom stereocenters. The molecule has 0 aliphatic rings. The van der Waals surface area contributed by atoms with Gasteiger partial charge in [-0.15, -0.1) is 0 Å². The Morgan fingerprint density at radius 3 is 2.47 bits per heavy atom. The van der Waals surface area contributed by atoms with Gasteiger partial charge < -0.3 is 9.84 Å². The molecule has 0 saturated heterocycles. The molecule has 3 aromatic carbocycles. The first-order valence-corrected chi connectivity index (χ1v) is 9.89. The average Bonchev–Trinajstić information content (AvgIpc) is 2.78. The quantitative estimate of drug-likeness (QED) is 0.466. The lowest BCUT2D eigenvalue weighted by Crippen LogP contribution is -2.02. The van der Waals surface area contributed by atoms with Gasteiger partial charge in [0.1, 0.15) is 0 Å². The van der Waals surface area contributed by atoms with Gasteiger partial charge in [0.15, 0.2) is 5.78 Å². The second-order valence-corrected chi connectivity index (χ2v) is 7.31. The van der Waals surface area contributed by atoms with Gasteiger partial charge in [-0.3, -0.25) is 4.79 Å². The number of benzene rings is 3. The standard InChI is InChI=1S/C26H23NO3/c1-17-6-8-19(9-7-17)26(29)21-10-11-24-23(15-21)22(16-25(27-24)30-2)20-5-3-4-18(14-20)12-13-28/h3-11,14-16,28H,12-13H2,1-2H3. The smallest absolute Gasteiger partial charge is 0.214 e. The fraction of sp³-hybridized carbons (Fsp3) is 0.154. The van der Waals surface area contributed by atoms with Crippen LogP contribution in [0.15, 0.2) is 72.8 Å². The summed E-state index contributed by atoms with van der Waals surface area (Å²) in [7, 11) is 1.59. The van der Waals surface area contributed by atoms with Crippen LogP contribution in [0.4, 0.5) is 0 Å². The van der Waals surface area contributed by atoms with E-state index in [0.29, 0.717) is 23.4 Å². The van der Waals surface area contributed by atoms with E-state index in [2.05, 4.69) is 11.1 Å². The Morgan fingerprint density at radius 1 is 0.967 bits per heavy atom. The third kappa shape index (κ3) is 3.95. The van der Waals surface area contributed by atoms with Gasteiger partial charge in [0.25, 0.3) is 0 Å². The number of methoxy groups -OCH3 is 1. The fourth-order valence-electron chi connectivity index (χ4n) is 3.58. The van der Waals surface area contributed by atoms with Crippen LogP contribution < -0.4 is 4.74 Å². The summed E-state index contributed by atoms with van der Waals surface area (Å²) >= 11 is 0. The molecule has 0 unspecified atom stereocenters. The number of nitrogens with zero attached hydrogens (tertiary/aromatic N) is 1. The minimum Gasteiger partial charge on any atom is -0.481 e. The van der Waals surface area contributed by atoms with E-state index in [0.717, 1.165) is 33.2 Å². The number of carbonyl (C=O) groups excluding carboxylic acids is 1. The fourth-order valence-corrected chi connectivity index (χ4v) is 3.58. The number of hydrogen-bond donors (Lipinski definition) is 1. The Morgan fingerprint density at radius 2 is 1.73 bits per heavy atom. The highest BCUT2D eigenvalue weighted by atomic mass is 16.5. The van der Waals surface area contributed by atoms with Gasteiger partial charge in [-0.05, 0) is 48.2 Å². The summed E-state index contributed by atoms with van der Waals surface area (Å²) in [6, 6.07) is 23.1. The van der Waals surface area contributed by atoms with Crippen LogP contribution in [0.5, 0.6) is 5.88 Å². The lowest BCUT2D eigenvalue weighted by molar-refractivity contribution is 0.103. The van der Waals surface area contributed by atoms with E-state index in [4.69, 9.17) is 4.74 Å². The van der Waals surface area contributed by atoms with Crippen LogP contribution in [0.25, 0.3) is 22.0 Å². The molecule has 4 nitrogen and oxygen atoms in total. The number of aliphatic hydroxyl groups is 1. The number of ketones is 1. The van der Waals surface area contributed by atoms with Crippen LogP contribution in [0.3, 0.4) is 0 Å². The normalized spacial score (nSPS) is 10.9. The van der Waals surface area contributed by atoms with Crippen molar-refractivity contribution in [2.75, 3.05) is 13.7 Å². The van der Waals surface area contributed by atoms with E-state index in [1.54, 1.807) is 7.11 Å². The van der Waals surface area contributed by atoms with Crippen molar-refractivity contribution in [2.45, 2.75) is 13.3 Å². The zero-order valence-corrected chi connectivity index (χ0v) is 17.1. The highest BCUT2D eigenvalue weighted by Crippen LogP contribution is 2.32. The summed E-state index contributed by atoms with van der Waals surface area (Å²) in [4.78, 5) is 17.6. The van der Waals surface area contributed by atoms with Crippen LogP contribution in [-0.4, -0.2) is 29.6 Å². The number of rotatable bonds is 6. The molecule has 0 fully saturated rings. The Bertz CT molecular complexity index is 1210. The van der Waals surface area contributed by atoms with Crippen LogP contribution >= 0.6 is 0 Å². The van der Waals surface area contributed by atoms with Crippen molar-refractivity contribution in [2.24, 2.45) is 0 Å². The highest BCUT2D eigenvalue weighted by Gasteiger charge is 2.14. The van der Waals surface area contributed by atoms with E-state index in [9.17, 15) is 9.90 Å². The maximum atomic E-state index is 13.0. The van der Waals surface area contributed by atoms with Crippen molar-refractivity contribution in [3.05, 3.63) is 95.1 Å². The molecule has 0 bridgehead atoms. The molecule has 4 rings (SSSR count). The molecule has 1 heterocycles. The molecule has 0 amide bonds. The minimum atomic E-state index is -0.0206. The zero-order valence-electron chi connectivity index (χ0n) is 17.1. The first-order chi connectivity index (χ1) is 14.6. The summed E-state index contributed by atoms with van der Waals surface area (Å²) in [5.41, 5.74) is 6.13. The number of hydrogen-bond acceptors (Lipinski definition) is 4. The maximum absolute atomic E-state index is 13.0. The van der Waals surface area contributed by atoms with Crippen LogP contribution in [0, 0.1) is 6.92 Å². The molecule has 0 spiro atoms. The Balaban J connectivity index is 1.86. The largest absolute Gasteiger partial charge is 0.481 e. The molecule has 150 valence electrons. The van der Waals surface area contributed by atoms with E-state index in [1.165, 1.54) is 0 Å². The molecule has 30 heavy (non-hydrogen) atoms. The molecular formula is C26H23NO3. The van der Waals surface area contributed by atoms with Crippen LogP contribution in [0.2, 0.25) is 0 Å². The van der Waals surface area contributed by atoms with Crippen LogP contribution in [-0.2, 0) is 6.42 Å². The summed E-state index contributed by atoms with van der Waals surface area (Å²) < 4.78 is 5.40. The summed E-state index contributed by atoms with van der Waals surface area (Å²) in [5, 5.41) is 10.2. The van der Waals surface area contributed by atoms with Gasteiger partial charge in [0.05, 0.1) is 12.6 Å². The number of fused-ring (bicyclic) bond motifs is 1. The monoisotopic (exact) mass is 397 g/mol. The maximum Gasteiger partial charge on any atom is 0.214 e. The van der Waals surface area contributed by atoms with E-state index in [-0.39, 0.29) is 12.4 Å². The van der Waals surface area contributed by atoms with Crippen LogP contribution in [0.1, 0.15) is 27.0 Å². The van der Waals surface area contributed by atoms with E-state index >= 15 is 0 Å². The number of aryl methyl sites for hydroxylation is 1. The van der Waals surface area contributed by atoms with Crippen molar-refractivity contribution in [3.8, 4) is 17.0 Å². The second kappa shape index (κ2) is 8.47. The average molecular weight is 397 g/mol. The molecular weight excluding hydrogens is 374 g/mol. The van der Waals surface area contributed by atoms with Crippen molar-refractivity contribution < 1.29 is 14.6 Å². The SMILES string of the molecule is COc1cc(-c2cccc(CCO)c2)c2cc(C(=O)c3ccc(C)cc3)ccc2n1.